The van der Waals surface area contributed by atoms with E-state index in [-0.39, 0.29) is 40.8 Å². The van der Waals surface area contributed by atoms with E-state index in [0.29, 0.717) is 29.9 Å². The summed E-state index contributed by atoms with van der Waals surface area (Å²) in [4.78, 5) is 22.0. The first-order valence-corrected chi connectivity index (χ1v) is 17.2. The van der Waals surface area contributed by atoms with Gasteiger partial charge in [0.15, 0.2) is 21.5 Å². The Bertz CT molecular complexity index is 2060. The summed E-state index contributed by atoms with van der Waals surface area (Å²) in [7, 11) is -4.03. The number of benzene rings is 4. The number of hydrogen-bond acceptors (Lipinski definition) is 8. The maximum atomic E-state index is 14.4. The normalized spacial score (nSPS) is 17.2. The van der Waals surface area contributed by atoms with Crippen molar-refractivity contribution in [1.29, 1.82) is 0 Å². The van der Waals surface area contributed by atoms with Crippen LogP contribution >= 0.6 is 0 Å². The van der Waals surface area contributed by atoms with Gasteiger partial charge in [0.05, 0.1) is 22.8 Å². The molecule has 11 nitrogen and oxygen atoms in total. The maximum absolute atomic E-state index is 14.4. The van der Waals surface area contributed by atoms with Crippen molar-refractivity contribution in [3.05, 3.63) is 136 Å². The average molecular weight is 726 g/mol. The van der Waals surface area contributed by atoms with Gasteiger partial charge in [-0.3, -0.25) is 4.79 Å². The summed E-state index contributed by atoms with van der Waals surface area (Å²) in [6.07, 6.45) is -6.35. The SMILES string of the molecule is [N-]=[N+]=Nc1ccccc1[C@H]1OC(c2ccc(OCCCO)cc2)=N[C@@]1(CCS(=O)(=O)c1ccccc1)C(=O)NCc1cc(F)cc(C(F)(F)F)c1. The lowest BCUT2D eigenvalue weighted by molar-refractivity contribution is -0.137. The van der Waals surface area contributed by atoms with Crippen molar-refractivity contribution in [3.8, 4) is 5.75 Å². The number of azide groups is 1. The number of ether oxygens (including phenoxy) is 2. The molecule has 16 heteroatoms. The highest BCUT2D eigenvalue weighted by Gasteiger charge is 2.54. The molecular formula is C35H31F4N5O6S. The first-order valence-electron chi connectivity index (χ1n) is 15.5. The minimum Gasteiger partial charge on any atom is -0.494 e. The number of alkyl halides is 3. The fraction of sp³-hybridized carbons (Fsp3) is 0.257. The molecule has 4 aromatic rings. The van der Waals surface area contributed by atoms with E-state index in [1.54, 1.807) is 42.5 Å². The van der Waals surface area contributed by atoms with Crippen molar-refractivity contribution in [2.24, 2.45) is 10.1 Å². The molecule has 0 unspecified atom stereocenters. The molecule has 0 aliphatic carbocycles. The van der Waals surface area contributed by atoms with E-state index in [1.807, 2.05) is 0 Å². The standard InChI is InChI=1S/C35H31F4N5O6S/c36-26-20-23(19-25(21-26)35(37,38)39)22-41-33(46)34(15-18-51(47,48)28-7-2-1-3-8-28)31(29-9-4-5-10-30(29)43-44-40)50-32(42-34)24-11-13-27(14-12-24)49-17-6-16-45/h1-5,7-14,19-21,31,45H,6,15-18,22H2,(H,41,46)/t31-,34-/m1/s1. The molecule has 0 aromatic heterocycles. The zero-order valence-corrected chi connectivity index (χ0v) is 27.6. The molecule has 1 heterocycles. The Kier molecular flexibility index (Phi) is 11.3. The Morgan fingerprint density at radius 2 is 1.75 bits per heavy atom. The van der Waals surface area contributed by atoms with Crippen LogP contribution in [0.5, 0.6) is 5.75 Å². The van der Waals surface area contributed by atoms with E-state index in [1.165, 1.54) is 36.4 Å². The van der Waals surface area contributed by atoms with Crippen LogP contribution < -0.4 is 10.1 Å². The highest BCUT2D eigenvalue weighted by Crippen LogP contribution is 2.46. The van der Waals surface area contributed by atoms with Gasteiger partial charge in [-0.1, -0.05) is 47.6 Å². The van der Waals surface area contributed by atoms with Crippen LogP contribution in [0.3, 0.4) is 0 Å². The molecule has 2 atom stereocenters. The summed E-state index contributed by atoms with van der Waals surface area (Å²) in [5.74, 6) is -2.37. The van der Waals surface area contributed by atoms with Gasteiger partial charge in [0.2, 0.25) is 5.90 Å². The van der Waals surface area contributed by atoms with Crippen molar-refractivity contribution in [3.63, 3.8) is 0 Å². The zero-order valence-electron chi connectivity index (χ0n) is 26.8. The monoisotopic (exact) mass is 725 g/mol. The molecular weight excluding hydrogens is 694 g/mol. The third kappa shape index (κ3) is 8.66. The summed E-state index contributed by atoms with van der Waals surface area (Å²) in [5, 5.41) is 15.3. The Morgan fingerprint density at radius 1 is 1.04 bits per heavy atom. The summed E-state index contributed by atoms with van der Waals surface area (Å²) < 4.78 is 93.6. The lowest BCUT2D eigenvalue weighted by Gasteiger charge is -2.31. The van der Waals surface area contributed by atoms with Gasteiger partial charge >= 0.3 is 6.18 Å². The van der Waals surface area contributed by atoms with Crippen LogP contribution in [0.1, 0.15) is 41.2 Å². The van der Waals surface area contributed by atoms with E-state index < -0.39 is 63.7 Å². The van der Waals surface area contributed by atoms with Gasteiger partial charge in [0.25, 0.3) is 5.91 Å². The predicted molar refractivity (Wildman–Crippen MR) is 178 cm³/mol. The number of carbonyl (C=O) groups excluding carboxylic acids is 1. The molecule has 51 heavy (non-hydrogen) atoms. The fourth-order valence-corrected chi connectivity index (χ4v) is 6.87. The van der Waals surface area contributed by atoms with Crippen molar-refractivity contribution < 1.29 is 45.4 Å². The Balaban J connectivity index is 1.61. The number of rotatable bonds is 14. The van der Waals surface area contributed by atoms with Gasteiger partial charge in [-0.2, -0.15) is 13.2 Å². The fourth-order valence-electron chi connectivity index (χ4n) is 5.48. The first kappa shape index (κ1) is 36.8. The third-order valence-corrected chi connectivity index (χ3v) is 9.73. The Morgan fingerprint density at radius 3 is 2.43 bits per heavy atom. The minimum atomic E-state index is -4.86. The van der Waals surface area contributed by atoms with Crippen LogP contribution in [0.4, 0.5) is 23.2 Å². The molecule has 4 aromatic carbocycles. The molecule has 0 fully saturated rings. The summed E-state index contributed by atoms with van der Waals surface area (Å²) in [6.45, 7) is -0.392. The lowest BCUT2D eigenvalue weighted by Crippen LogP contribution is -2.49. The van der Waals surface area contributed by atoms with Crippen molar-refractivity contribution >= 4 is 27.3 Å². The summed E-state index contributed by atoms with van der Waals surface area (Å²) >= 11 is 0. The van der Waals surface area contributed by atoms with Crippen LogP contribution in [0.15, 0.2) is 112 Å². The Labute approximate surface area is 290 Å². The molecule has 0 bridgehead atoms. The van der Waals surface area contributed by atoms with Gasteiger partial charge in [0.1, 0.15) is 11.6 Å². The minimum absolute atomic E-state index is 0.0223. The largest absolute Gasteiger partial charge is 0.494 e. The molecule has 5 rings (SSSR count). The van der Waals surface area contributed by atoms with Crippen LogP contribution in [0, 0.1) is 5.82 Å². The number of aliphatic hydroxyl groups is 1. The summed E-state index contributed by atoms with van der Waals surface area (Å²) in [6, 6.07) is 21.9. The predicted octanol–water partition coefficient (Wildman–Crippen LogP) is 6.98. The second-order valence-electron chi connectivity index (χ2n) is 11.4. The molecule has 2 N–H and O–H groups in total. The van der Waals surface area contributed by atoms with Crippen LogP contribution in [0.25, 0.3) is 10.4 Å². The lowest BCUT2D eigenvalue weighted by atomic mass is 9.84. The van der Waals surface area contributed by atoms with Crippen molar-refractivity contribution in [2.45, 2.75) is 42.1 Å². The number of aliphatic hydroxyl groups excluding tert-OH is 1. The highest BCUT2D eigenvalue weighted by atomic mass is 32.2. The zero-order chi connectivity index (χ0) is 36.6. The first-order chi connectivity index (χ1) is 24.4. The number of aliphatic imine (C=N–C) groups is 1. The van der Waals surface area contributed by atoms with Crippen molar-refractivity contribution in [2.75, 3.05) is 19.0 Å². The molecule has 1 aliphatic rings. The van der Waals surface area contributed by atoms with Crippen LogP contribution in [0.2, 0.25) is 0 Å². The third-order valence-electron chi connectivity index (χ3n) is 7.99. The number of sulfone groups is 1. The van der Waals surface area contributed by atoms with Gasteiger partial charge in [-0.05, 0) is 65.7 Å². The van der Waals surface area contributed by atoms with E-state index in [2.05, 4.69) is 15.3 Å². The second-order valence-corrected chi connectivity index (χ2v) is 13.6. The van der Waals surface area contributed by atoms with Crippen LogP contribution in [-0.2, 0) is 32.1 Å². The van der Waals surface area contributed by atoms with Gasteiger partial charge < -0.3 is 19.9 Å². The second kappa shape index (κ2) is 15.6. The topological polar surface area (TPSA) is 163 Å². The number of nitrogens with zero attached hydrogens (tertiary/aromatic N) is 4. The number of carbonyl (C=O) groups is 1. The van der Waals surface area contributed by atoms with Gasteiger partial charge in [0, 0.05) is 47.7 Å². The molecule has 0 saturated carbocycles. The Hall–Kier alpha value is -5.44. The molecule has 0 saturated heterocycles. The highest BCUT2D eigenvalue weighted by molar-refractivity contribution is 7.91. The van der Waals surface area contributed by atoms with E-state index in [0.717, 1.165) is 6.07 Å². The summed E-state index contributed by atoms with van der Waals surface area (Å²) in [5.41, 5.74) is 6.31. The van der Waals surface area contributed by atoms with E-state index in [9.17, 15) is 36.3 Å². The smallest absolute Gasteiger partial charge is 0.416 e. The molecule has 1 amide bonds. The average Bonchev–Trinajstić information content (AvgIpc) is 3.51. The van der Waals surface area contributed by atoms with Gasteiger partial charge in [-0.25, -0.2) is 17.8 Å². The van der Waals surface area contributed by atoms with Crippen LogP contribution in [-0.4, -0.2) is 49.8 Å². The quantitative estimate of drug-likeness (QED) is 0.0468. The van der Waals surface area contributed by atoms with Crippen molar-refractivity contribution in [1.82, 2.24) is 5.32 Å². The molecule has 266 valence electrons. The van der Waals surface area contributed by atoms with Gasteiger partial charge in [-0.15, -0.1) is 0 Å². The van der Waals surface area contributed by atoms with E-state index in [4.69, 9.17) is 19.6 Å². The molecule has 0 spiro atoms. The number of nitrogens with one attached hydrogen (secondary N) is 1. The molecule has 0 radical (unpaired) electrons. The number of amides is 1. The maximum Gasteiger partial charge on any atom is 0.416 e. The number of halogens is 4. The molecule has 1 aliphatic heterocycles. The van der Waals surface area contributed by atoms with E-state index >= 15 is 0 Å². The number of hydrogen-bond donors (Lipinski definition) is 2.